The minimum atomic E-state index is -1.37. The molecule has 1 aromatic carbocycles. The molecule has 1 aromatic rings. The van der Waals surface area contributed by atoms with Gasteiger partial charge in [-0.3, -0.25) is 10.1 Å². The average molecular weight is 297 g/mol. The van der Waals surface area contributed by atoms with Crippen molar-refractivity contribution in [2.75, 3.05) is 5.32 Å². The third kappa shape index (κ3) is 5.70. The highest BCUT2D eigenvalue weighted by molar-refractivity contribution is 5.85. The topological polar surface area (TPSA) is 116 Å². The van der Waals surface area contributed by atoms with Crippen LogP contribution in [-0.4, -0.2) is 33.0 Å². The number of aromatic hydroxyl groups is 1. The number of carbonyl (C=O) groups is 2. The van der Waals surface area contributed by atoms with E-state index >= 15 is 0 Å². The summed E-state index contributed by atoms with van der Waals surface area (Å²) in [6.07, 6.45) is -2.61. The lowest BCUT2D eigenvalue weighted by atomic mass is 10.0. The number of hydrogen-bond acceptors (Lipinski definition) is 5. The van der Waals surface area contributed by atoms with Crippen molar-refractivity contribution in [3.8, 4) is 5.75 Å². The van der Waals surface area contributed by atoms with Crippen molar-refractivity contribution in [1.29, 1.82) is 0 Å². The maximum Gasteiger partial charge on any atom is 0.412 e. The number of carboxylic acids is 1. The Labute approximate surface area is 122 Å². The smallest absolute Gasteiger partial charge is 0.412 e. The fourth-order valence-electron chi connectivity index (χ4n) is 1.60. The molecule has 1 atom stereocenters. The number of aliphatic carboxylic acids is 1. The summed E-state index contributed by atoms with van der Waals surface area (Å²) in [5.41, 5.74) is -0.362. The van der Waals surface area contributed by atoms with Gasteiger partial charge in [0.25, 0.3) is 0 Å². The fourth-order valence-corrected chi connectivity index (χ4v) is 1.60. The molecule has 0 aliphatic heterocycles. The van der Waals surface area contributed by atoms with Crippen LogP contribution in [0.2, 0.25) is 0 Å². The van der Waals surface area contributed by atoms with E-state index in [2.05, 4.69) is 5.32 Å². The van der Waals surface area contributed by atoms with Gasteiger partial charge in [-0.05, 0) is 39.0 Å². The monoisotopic (exact) mass is 297 g/mol. The van der Waals surface area contributed by atoms with Gasteiger partial charge in [0.2, 0.25) is 0 Å². The fraction of sp³-hybridized carbons (Fsp3) is 0.429. The van der Waals surface area contributed by atoms with Crippen molar-refractivity contribution < 1.29 is 29.6 Å². The number of carboxylic acid groups (broad SMARTS) is 1. The number of aliphatic hydroxyl groups is 1. The molecule has 0 saturated carbocycles. The van der Waals surface area contributed by atoms with Gasteiger partial charge in [0, 0.05) is 11.3 Å². The van der Waals surface area contributed by atoms with E-state index in [-0.39, 0.29) is 17.0 Å². The number of amides is 1. The van der Waals surface area contributed by atoms with Crippen LogP contribution in [0.15, 0.2) is 18.2 Å². The quantitative estimate of drug-likeness (QED) is 0.633. The van der Waals surface area contributed by atoms with E-state index in [1.165, 1.54) is 18.2 Å². The lowest BCUT2D eigenvalue weighted by Gasteiger charge is -2.20. The third-order valence-corrected chi connectivity index (χ3v) is 2.40. The second-order valence-corrected chi connectivity index (χ2v) is 5.51. The molecule has 1 rings (SSSR count). The molecule has 21 heavy (non-hydrogen) atoms. The first kappa shape index (κ1) is 16.8. The first-order chi connectivity index (χ1) is 9.58. The Morgan fingerprint density at radius 1 is 1.33 bits per heavy atom. The summed E-state index contributed by atoms with van der Waals surface area (Å²) in [5, 5.41) is 30.5. The largest absolute Gasteiger partial charge is 0.508 e. The molecule has 0 saturated heterocycles. The van der Waals surface area contributed by atoms with Gasteiger partial charge >= 0.3 is 12.1 Å². The normalized spacial score (nSPS) is 12.6. The number of nitrogens with one attached hydrogen (secondary N) is 1. The summed E-state index contributed by atoms with van der Waals surface area (Å²) < 4.78 is 5.07. The van der Waals surface area contributed by atoms with Crippen LogP contribution in [0.4, 0.5) is 10.5 Å². The number of anilines is 1. The maximum absolute atomic E-state index is 11.6. The second kappa shape index (κ2) is 6.45. The van der Waals surface area contributed by atoms with E-state index in [1.54, 1.807) is 20.8 Å². The predicted octanol–water partition coefficient (Wildman–Crippen LogP) is 2.25. The summed E-state index contributed by atoms with van der Waals surface area (Å²) in [6.45, 7) is 5.14. The Balaban J connectivity index is 2.86. The standard InChI is InChI=1S/C14H19NO6/c1-14(2,3)21-13(20)15-8-4-5-10(16)9(6-8)11(17)7-12(18)19/h4-6,11,16-17H,7H2,1-3H3,(H,15,20)(H,18,19)/t11-/m0/s1. The molecule has 7 heteroatoms. The average Bonchev–Trinajstić information content (AvgIpc) is 2.28. The molecule has 0 aromatic heterocycles. The van der Waals surface area contributed by atoms with E-state index in [1.807, 2.05) is 0 Å². The van der Waals surface area contributed by atoms with Crippen molar-refractivity contribution in [2.24, 2.45) is 0 Å². The molecule has 7 nitrogen and oxygen atoms in total. The molecular formula is C14H19NO6. The van der Waals surface area contributed by atoms with E-state index < -0.39 is 30.2 Å². The van der Waals surface area contributed by atoms with Crippen LogP contribution in [0.3, 0.4) is 0 Å². The zero-order valence-corrected chi connectivity index (χ0v) is 12.1. The van der Waals surface area contributed by atoms with Crippen LogP contribution < -0.4 is 5.32 Å². The number of hydrogen-bond donors (Lipinski definition) is 4. The Bertz CT molecular complexity index is 535. The maximum atomic E-state index is 11.6. The summed E-state index contributed by atoms with van der Waals surface area (Å²) in [5.74, 6) is -1.45. The van der Waals surface area contributed by atoms with Crippen LogP contribution >= 0.6 is 0 Å². The minimum absolute atomic E-state index is 0.0194. The summed E-state index contributed by atoms with van der Waals surface area (Å²) in [7, 11) is 0. The van der Waals surface area contributed by atoms with Gasteiger partial charge < -0.3 is 20.1 Å². The molecule has 116 valence electrons. The summed E-state index contributed by atoms with van der Waals surface area (Å²) >= 11 is 0. The van der Waals surface area contributed by atoms with Crippen LogP contribution in [0.5, 0.6) is 5.75 Å². The number of ether oxygens (including phenoxy) is 1. The van der Waals surface area contributed by atoms with E-state index in [0.717, 1.165) is 0 Å². The van der Waals surface area contributed by atoms with Gasteiger partial charge in [0.1, 0.15) is 11.4 Å². The number of aliphatic hydroxyl groups excluding tert-OH is 1. The number of rotatable bonds is 4. The molecule has 1 amide bonds. The van der Waals surface area contributed by atoms with Crippen molar-refractivity contribution in [1.82, 2.24) is 0 Å². The lowest BCUT2D eigenvalue weighted by molar-refractivity contribution is -0.139. The molecule has 0 unspecified atom stereocenters. The molecule has 0 aliphatic carbocycles. The summed E-state index contributed by atoms with van der Waals surface area (Å²) in [4.78, 5) is 22.2. The number of phenolic OH excluding ortho intramolecular Hbond substituents is 1. The highest BCUT2D eigenvalue weighted by Crippen LogP contribution is 2.29. The Morgan fingerprint density at radius 3 is 2.48 bits per heavy atom. The van der Waals surface area contributed by atoms with Gasteiger partial charge in [-0.15, -0.1) is 0 Å². The molecule has 0 aliphatic rings. The molecule has 0 fully saturated rings. The lowest BCUT2D eigenvalue weighted by Crippen LogP contribution is -2.27. The SMILES string of the molecule is CC(C)(C)OC(=O)Nc1ccc(O)c([C@@H](O)CC(=O)O)c1. The van der Waals surface area contributed by atoms with Gasteiger partial charge in [0.05, 0.1) is 12.5 Å². The van der Waals surface area contributed by atoms with Crippen molar-refractivity contribution >= 4 is 17.7 Å². The zero-order valence-electron chi connectivity index (χ0n) is 12.1. The Hall–Kier alpha value is -2.28. The van der Waals surface area contributed by atoms with Crippen molar-refractivity contribution in [3.05, 3.63) is 23.8 Å². The molecule has 0 radical (unpaired) electrons. The minimum Gasteiger partial charge on any atom is -0.508 e. The zero-order chi connectivity index (χ0) is 16.2. The molecule has 0 heterocycles. The highest BCUT2D eigenvalue weighted by atomic mass is 16.6. The van der Waals surface area contributed by atoms with E-state index in [4.69, 9.17) is 9.84 Å². The first-order valence-corrected chi connectivity index (χ1v) is 6.31. The number of carbonyl (C=O) groups excluding carboxylic acids is 1. The van der Waals surface area contributed by atoms with Gasteiger partial charge in [-0.25, -0.2) is 4.79 Å². The Morgan fingerprint density at radius 2 is 1.95 bits per heavy atom. The predicted molar refractivity (Wildman–Crippen MR) is 75.2 cm³/mol. The van der Waals surface area contributed by atoms with Gasteiger partial charge in [0.15, 0.2) is 0 Å². The molecule has 0 bridgehead atoms. The van der Waals surface area contributed by atoms with Crippen molar-refractivity contribution in [2.45, 2.75) is 38.9 Å². The van der Waals surface area contributed by atoms with E-state index in [0.29, 0.717) is 0 Å². The van der Waals surface area contributed by atoms with Gasteiger partial charge in [-0.2, -0.15) is 0 Å². The highest BCUT2D eigenvalue weighted by Gasteiger charge is 2.19. The van der Waals surface area contributed by atoms with Crippen LogP contribution in [0, 0.1) is 0 Å². The number of phenols is 1. The van der Waals surface area contributed by atoms with Crippen molar-refractivity contribution in [3.63, 3.8) is 0 Å². The van der Waals surface area contributed by atoms with Crippen LogP contribution in [0.25, 0.3) is 0 Å². The molecular weight excluding hydrogens is 278 g/mol. The van der Waals surface area contributed by atoms with Crippen LogP contribution in [-0.2, 0) is 9.53 Å². The van der Waals surface area contributed by atoms with Crippen LogP contribution in [0.1, 0.15) is 38.9 Å². The second-order valence-electron chi connectivity index (χ2n) is 5.51. The summed E-state index contributed by atoms with van der Waals surface area (Å²) in [6, 6.07) is 3.97. The Kier molecular flexibility index (Phi) is 5.15. The number of benzene rings is 1. The first-order valence-electron chi connectivity index (χ1n) is 6.31. The van der Waals surface area contributed by atoms with E-state index in [9.17, 15) is 19.8 Å². The molecule has 0 spiro atoms. The third-order valence-electron chi connectivity index (χ3n) is 2.40. The van der Waals surface area contributed by atoms with Gasteiger partial charge in [-0.1, -0.05) is 0 Å². The molecule has 4 N–H and O–H groups in total.